The van der Waals surface area contributed by atoms with Gasteiger partial charge in [-0.1, -0.05) is 54.1 Å². The molecule has 0 radical (unpaired) electrons. The number of halogens is 1. The van der Waals surface area contributed by atoms with Gasteiger partial charge < -0.3 is 10.4 Å². The summed E-state index contributed by atoms with van der Waals surface area (Å²) >= 11 is 5.85. The maximum absolute atomic E-state index is 10.9. The van der Waals surface area contributed by atoms with E-state index in [1.165, 1.54) is 6.08 Å². The van der Waals surface area contributed by atoms with Gasteiger partial charge >= 0.3 is 5.97 Å². The zero-order chi connectivity index (χ0) is 15.1. The molecule has 0 aromatic heterocycles. The molecule has 0 fully saturated rings. The fourth-order valence-corrected chi connectivity index (χ4v) is 2.07. The van der Waals surface area contributed by atoms with E-state index in [0.29, 0.717) is 23.7 Å². The Kier molecular flexibility index (Phi) is 5.41. The lowest BCUT2D eigenvalue weighted by Gasteiger charge is -2.11. The monoisotopic (exact) mass is 301 g/mol. The molecule has 2 aromatic carbocycles. The average molecular weight is 302 g/mol. The fourth-order valence-electron chi connectivity index (χ4n) is 1.95. The number of aliphatic carboxylic acids is 1. The third-order valence-electron chi connectivity index (χ3n) is 2.97. The van der Waals surface area contributed by atoms with E-state index in [4.69, 9.17) is 16.7 Å². The smallest absolute Gasteiger partial charge is 0.330 e. The molecule has 0 saturated carbocycles. The highest BCUT2D eigenvalue weighted by Gasteiger charge is 2.03. The SMILES string of the molecule is O=C(O)/C=C(/Cc1ccc(Cl)cc1)NCc1ccccc1. The van der Waals surface area contributed by atoms with Crippen molar-refractivity contribution in [1.29, 1.82) is 0 Å². The molecule has 0 atom stereocenters. The number of carbonyl (C=O) groups is 1. The van der Waals surface area contributed by atoms with Gasteiger partial charge in [0.15, 0.2) is 0 Å². The van der Waals surface area contributed by atoms with E-state index >= 15 is 0 Å². The normalized spacial score (nSPS) is 11.2. The molecule has 0 aliphatic rings. The number of nitrogens with one attached hydrogen (secondary N) is 1. The topological polar surface area (TPSA) is 49.3 Å². The molecule has 2 rings (SSSR count). The molecular formula is C17H16ClNO2. The highest BCUT2D eigenvalue weighted by molar-refractivity contribution is 6.30. The zero-order valence-corrected chi connectivity index (χ0v) is 12.2. The molecule has 0 unspecified atom stereocenters. The van der Waals surface area contributed by atoms with Crippen LogP contribution in [-0.4, -0.2) is 11.1 Å². The van der Waals surface area contributed by atoms with E-state index in [1.807, 2.05) is 42.5 Å². The van der Waals surface area contributed by atoms with Gasteiger partial charge in [0, 0.05) is 29.8 Å². The Balaban J connectivity index is 2.04. The Bertz CT molecular complexity index is 621. The maximum Gasteiger partial charge on any atom is 0.330 e. The van der Waals surface area contributed by atoms with Crippen LogP contribution in [-0.2, 0) is 17.8 Å². The lowest BCUT2D eigenvalue weighted by Crippen LogP contribution is -2.16. The second kappa shape index (κ2) is 7.50. The Morgan fingerprint density at radius 1 is 1.05 bits per heavy atom. The van der Waals surface area contributed by atoms with Crippen LogP contribution >= 0.6 is 11.6 Å². The van der Waals surface area contributed by atoms with Gasteiger partial charge in [-0.15, -0.1) is 0 Å². The lowest BCUT2D eigenvalue weighted by atomic mass is 10.1. The van der Waals surface area contributed by atoms with Crippen molar-refractivity contribution >= 4 is 17.6 Å². The van der Waals surface area contributed by atoms with Gasteiger partial charge in [0.2, 0.25) is 0 Å². The van der Waals surface area contributed by atoms with E-state index in [0.717, 1.165) is 11.1 Å². The lowest BCUT2D eigenvalue weighted by molar-refractivity contribution is -0.131. The minimum atomic E-state index is -0.959. The molecular weight excluding hydrogens is 286 g/mol. The number of carboxylic acids is 1. The third-order valence-corrected chi connectivity index (χ3v) is 3.22. The molecule has 0 saturated heterocycles. The molecule has 2 aromatic rings. The summed E-state index contributed by atoms with van der Waals surface area (Å²) in [5.41, 5.74) is 2.77. The number of benzene rings is 2. The summed E-state index contributed by atoms with van der Waals surface area (Å²) < 4.78 is 0. The van der Waals surface area contributed by atoms with Crippen molar-refractivity contribution < 1.29 is 9.90 Å². The summed E-state index contributed by atoms with van der Waals surface area (Å²) in [5, 5.41) is 12.8. The number of allylic oxidation sites excluding steroid dienone is 1. The first-order valence-electron chi connectivity index (χ1n) is 6.59. The molecule has 4 heteroatoms. The van der Waals surface area contributed by atoms with Crippen LogP contribution in [0.4, 0.5) is 0 Å². The van der Waals surface area contributed by atoms with E-state index < -0.39 is 5.97 Å². The molecule has 0 bridgehead atoms. The summed E-state index contributed by atoms with van der Waals surface area (Å²) in [6.45, 7) is 0.591. The first-order valence-corrected chi connectivity index (χ1v) is 6.97. The van der Waals surface area contributed by atoms with Crippen molar-refractivity contribution in [2.75, 3.05) is 0 Å². The summed E-state index contributed by atoms with van der Waals surface area (Å²) in [6, 6.07) is 17.2. The summed E-state index contributed by atoms with van der Waals surface area (Å²) in [6.07, 6.45) is 1.73. The molecule has 2 N–H and O–H groups in total. The number of carboxylic acid groups (broad SMARTS) is 1. The number of rotatable bonds is 6. The number of hydrogen-bond donors (Lipinski definition) is 2. The van der Waals surface area contributed by atoms with Crippen molar-refractivity contribution in [3.63, 3.8) is 0 Å². The molecule has 0 amide bonds. The highest BCUT2D eigenvalue weighted by Crippen LogP contribution is 2.12. The standard InChI is InChI=1S/C17H16ClNO2/c18-15-8-6-13(7-9-15)10-16(11-17(20)21)19-12-14-4-2-1-3-5-14/h1-9,11,19H,10,12H2,(H,20,21)/b16-11-. The van der Waals surface area contributed by atoms with Gasteiger partial charge in [-0.3, -0.25) is 0 Å². The highest BCUT2D eigenvalue weighted by atomic mass is 35.5. The molecule has 0 aliphatic carbocycles. The van der Waals surface area contributed by atoms with Crippen molar-refractivity contribution in [3.05, 3.63) is 82.5 Å². The minimum Gasteiger partial charge on any atom is -0.478 e. The van der Waals surface area contributed by atoms with Crippen LogP contribution in [0.1, 0.15) is 11.1 Å². The first kappa shape index (κ1) is 15.1. The van der Waals surface area contributed by atoms with Crippen LogP contribution in [0.3, 0.4) is 0 Å². The average Bonchev–Trinajstić information content (AvgIpc) is 2.48. The summed E-state index contributed by atoms with van der Waals surface area (Å²) in [5.74, 6) is -0.959. The van der Waals surface area contributed by atoms with Crippen LogP contribution in [0.15, 0.2) is 66.4 Å². The van der Waals surface area contributed by atoms with Crippen LogP contribution in [0.25, 0.3) is 0 Å². The second-order valence-corrected chi connectivity index (χ2v) is 5.09. The second-order valence-electron chi connectivity index (χ2n) is 4.65. The van der Waals surface area contributed by atoms with E-state index in [2.05, 4.69) is 5.32 Å². The number of hydrogen-bond acceptors (Lipinski definition) is 2. The van der Waals surface area contributed by atoms with Gasteiger partial charge in [0.25, 0.3) is 0 Å². The van der Waals surface area contributed by atoms with Gasteiger partial charge in [0.1, 0.15) is 0 Å². The Labute approximate surface area is 128 Å². The molecule has 0 aliphatic heterocycles. The van der Waals surface area contributed by atoms with Crippen molar-refractivity contribution in [2.24, 2.45) is 0 Å². The molecule has 21 heavy (non-hydrogen) atoms. The van der Waals surface area contributed by atoms with E-state index in [-0.39, 0.29) is 0 Å². The predicted molar refractivity (Wildman–Crippen MR) is 84.2 cm³/mol. The third kappa shape index (κ3) is 5.32. The Morgan fingerprint density at radius 2 is 1.71 bits per heavy atom. The predicted octanol–water partition coefficient (Wildman–Crippen LogP) is 3.64. The van der Waals surface area contributed by atoms with Crippen LogP contribution < -0.4 is 5.32 Å². The fraction of sp³-hybridized carbons (Fsp3) is 0.118. The molecule has 3 nitrogen and oxygen atoms in total. The van der Waals surface area contributed by atoms with Crippen molar-refractivity contribution in [2.45, 2.75) is 13.0 Å². The first-order chi connectivity index (χ1) is 10.1. The van der Waals surface area contributed by atoms with Gasteiger partial charge in [-0.25, -0.2) is 4.79 Å². The van der Waals surface area contributed by atoms with Gasteiger partial charge in [-0.05, 0) is 23.3 Å². The van der Waals surface area contributed by atoms with Crippen LogP contribution in [0.5, 0.6) is 0 Å². The van der Waals surface area contributed by atoms with Crippen molar-refractivity contribution in [1.82, 2.24) is 5.32 Å². The zero-order valence-electron chi connectivity index (χ0n) is 11.4. The van der Waals surface area contributed by atoms with Crippen molar-refractivity contribution in [3.8, 4) is 0 Å². The van der Waals surface area contributed by atoms with Gasteiger partial charge in [0.05, 0.1) is 0 Å². The Hall–Kier alpha value is -2.26. The maximum atomic E-state index is 10.9. The quantitative estimate of drug-likeness (QED) is 0.801. The molecule has 108 valence electrons. The Morgan fingerprint density at radius 3 is 2.33 bits per heavy atom. The van der Waals surface area contributed by atoms with E-state index in [1.54, 1.807) is 12.1 Å². The van der Waals surface area contributed by atoms with Gasteiger partial charge in [-0.2, -0.15) is 0 Å². The minimum absolute atomic E-state index is 0.524. The summed E-state index contributed by atoms with van der Waals surface area (Å²) in [7, 11) is 0. The molecule has 0 spiro atoms. The van der Waals surface area contributed by atoms with E-state index in [9.17, 15) is 4.79 Å². The largest absolute Gasteiger partial charge is 0.478 e. The molecule has 0 heterocycles. The van der Waals surface area contributed by atoms with Crippen LogP contribution in [0.2, 0.25) is 5.02 Å². The summed E-state index contributed by atoms with van der Waals surface area (Å²) in [4.78, 5) is 10.9. The van der Waals surface area contributed by atoms with Crippen LogP contribution in [0, 0.1) is 0 Å².